The Morgan fingerprint density at radius 2 is 2.06 bits per heavy atom. The summed E-state index contributed by atoms with van der Waals surface area (Å²) in [6.45, 7) is 7.56. The Hall–Kier alpha value is -1.90. The van der Waals surface area contributed by atoms with Crippen LogP contribution in [0.4, 0.5) is 0 Å². The van der Waals surface area contributed by atoms with E-state index in [0.717, 1.165) is 16.7 Å². The Balaban J connectivity index is 0.00000128. The van der Waals surface area contributed by atoms with Gasteiger partial charge in [-0.25, -0.2) is 0 Å². The predicted molar refractivity (Wildman–Crippen MR) is 66.0 cm³/mol. The first-order chi connectivity index (χ1) is 7.20. The quantitative estimate of drug-likeness (QED) is 0.769. The average Bonchev–Trinajstić information content (AvgIpc) is 2.65. The van der Waals surface area contributed by atoms with Crippen LogP contribution in [0.25, 0.3) is 17.5 Å². The van der Waals surface area contributed by atoms with E-state index >= 15 is 0 Å². The molecule has 1 aromatic carbocycles. The minimum atomic E-state index is 0. The van der Waals surface area contributed by atoms with Crippen molar-refractivity contribution in [3.05, 3.63) is 41.8 Å². The molecule has 0 spiro atoms. The van der Waals surface area contributed by atoms with Gasteiger partial charge in [-0.3, -0.25) is 0 Å². The lowest BCUT2D eigenvalue weighted by Gasteiger charge is -2.01. The van der Waals surface area contributed by atoms with Crippen molar-refractivity contribution in [2.75, 3.05) is 0 Å². The third kappa shape index (κ3) is 2.19. The normalized spacial score (nSPS) is 9.62. The Bertz CT molecular complexity index is 500. The lowest BCUT2D eigenvalue weighted by Crippen LogP contribution is -1.85. The van der Waals surface area contributed by atoms with E-state index < -0.39 is 0 Å². The fraction of sp³-hybridized carbons (Fsp3) is 0.231. The van der Waals surface area contributed by atoms with Crippen molar-refractivity contribution in [2.24, 2.45) is 0 Å². The summed E-state index contributed by atoms with van der Waals surface area (Å²) < 4.78 is 4.93. The van der Waals surface area contributed by atoms with Gasteiger partial charge in [0, 0.05) is 12.5 Å². The maximum atomic E-state index is 4.93. The van der Waals surface area contributed by atoms with Crippen LogP contribution in [0.15, 0.2) is 29.3 Å². The summed E-state index contributed by atoms with van der Waals surface area (Å²) in [5.74, 6) is 1.21. The van der Waals surface area contributed by atoms with Gasteiger partial charge in [-0.15, -0.1) is 0 Å². The van der Waals surface area contributed by atoms with Gasteiger partial charge in [0.05, 0.1) is 0 Å². The second kappa shape index (κ2) is 4.75. The summed E-state index contributed by atoms with van der Waals surface area (Å²) in [5, 5.41) is 3.87. The maximum Gasteiger partial charge on any atom is 0.223 e. The lowest BCUT2D eigenvalue weighted by atomic mass is 10.1. The first-order valence-corrected chi connectivity index (χ1v) is 4.74. The monoisotopic (exact) mass is 216 g/mol. The minimum absolute atomic E-state index is 0. The minimum Gasteiger partial charge on any atom is -0.339 e. The summed E-state index contributed by atoms with van der Waals surface area (Å²) in [6, 6.07) is 6.00. The molecule has 16 heavy (non-hydrogen) atoms. The number of aromatic nitrogens is 2. The number of aryl methyl sites for hydroxylation is 2. The molecule has 0 aliphatic heterocycles. The van der Waals surface area contributed by atoms with Crippen LogP contribution in [0, 0.1) is 13.8 Å². The number of hydrogen-bond donors (Lipinski definition) is 0. The second-order valence-electron chi connectivity index (χ2n) is 3.41. The van der Waals surface area contributed by atoms with Crippen molar-refractivity contribution < 1.29 is 4.52 Å². The topological polar surface area (TPSA) is 38.9 Å². The highest BCUT2D eigenvalue weighted by Crippen LogP contribution is 2.20. The standard InChI is InChI=1S/C12H12N2O.CH4/c1-4-10-5-6-11(7-8(10)2)12-13-9(3)15-14-12;/h4-7H,1H2,2-3H3;1H4. The second-order valence-corrected chi connectivity index (χ2v) is 3.41. The van der Waals surface area contributed by atoms with Crippen LogP contribution in [-0.4, -0.2) is 10.1 Å². The Labute approximate surface area is 95.8 Å². The molecule has 3 nitrogen and oxygen atoms in total. The molecule has 0 N–H and O–H groups in total. The Kier molecular flexibility index (Phi) is 3.61. The number of nitrogens with zero attached hydrogens (tertiary/aromatic N) is 2. The third-order valence-corrected chi connectivity index (χ3v) is 2.28. The number of benzene rings is 1. The van der Waals surface area contributed by atoms with Crippen LogP contribution < -0.4 is 0 Å². The molecule has 0 bridgehead atoms. The summed E-state index contributed by atoms with van der Waals surface area (Å²) in [6.07, 6.45) is 1.83. The smallest absolute Gasteiger partial charge is 0.223 e. The summed E-state index contributed by atoms with van der Waals surface area (Å²) >= 11 is 0. The third-order valence-electron chi connectivity index (χ3n) is 2.28. The molecule has 0 radical (unpaired) electrons. The summed E-state index contributed by atoms with van der Waals surface area (Å²) in [7, 11) is 0. The van der Waals surface area contributed by atoms with Crippen molar-refractivity contribution in [1.82, 2.24) is 10.1 Å². The molecule has 0 fully saturated rings. The molecule has 0 atom stereocenters. The van der Waals surface area contributed by atoms with Gasteiger partial charge in [0.15, 0.2) is 0 Å². The molecular weight excluding hydrogens is 200 g/mol. The summed E-state index contributed by atoms with van der Waals surface area (Å²) in [5.41, 5.74) is 3.25. The van der Waals surface area contributed by atoms with E-state index in [1.165, 1.54) is 0 Å². The molecule has 1 heterocycles. The van der Waals surface area contributed by atoms with Gasteiger partial charge in [0.25, 0.3) is 0 Å². The van der Waals surface area contributed by atoms with Gasteiger partial charge >= 0.3 is 0 Å². The van der Waals surface area contributed by atoms with E-state index in [9.17, 15) is 0 Å². The van der Waals surface area contributed by atoms with E-state index in [1.54, 1.807) is 6.92 Å². The molecule has 0 aliphatic rings. The highest BCUT2D eigenvalue weighted by atomic mass is 16.5. The van der Waals surface area contributed by atoms with Crippen LogP contribution in [0.2, 0.25) is 0 Å². The molecule has 2 aromatic rings. The number of hydrogen-bond acceptors (Lipinski definition) is 3. The molecule has 0 saturated heterocycles. The zero-order valence-corrected chi connectivity index (χ0v) is 8.82. The van der Waals surface area contributed by atoms with Crippen molar-refractivity contribution in [3.63, 3.8) is 0 Å². The zero-order valence-electron chi connectivity index (χ0n) is 8.82. The van der Waals surface area contributed by atoms with E-state index in [0.29, 0.717) is 11.7 Å². The molecule has 0 amide bonds. The summed E-state index contributed by atoms with van der Waals surface area (Å²) in [4.78, 5) is 4.17. The SMILES string of the molecule is C.C=Cc1ccc(-c2noc(C)n2)cc1C. The molecule has 1 aromatic heterocycles. The lowest BCUT2D eigenvalue weighted by molar-refractivity contribution is 0.394. The van der Waals surface area contributed by atoms with E-state index in [-0.39, 0.29) is 7.43 Å². The molecule has 84 valence electrons. The van der Waals surface area contributed by atoms with Crippen molar-refractivity contribution in [1.29, 1.82) is 0 Å². The Morgan fingerprint density at radius 3 is 2.56 bits per heavy atom. The molecule has 0 saturated carbocycles. The van der Waals surface area contributed by atoms with Gasteiger partial charge in [-0.1, -0.05) is 37.4 Å². The van der Waals surface area contributed by atoms with Gasteiger partial charge < -0.3 is 4.52 Å². The van der Waals surface area contributed by atoms with Crippen LogP contribution in [0.1, 0.15) is 24.4 Å². The molecule has 3 heteroatoms. The highest BCUT2D eigenvalue weighted by molar-refractivity contribution is 5.61. The van der Waals surface area contributed by atoms with Crippen molar-refractivity contribution >= 4 is 6.08 Å². The van der Waals surface area contributed by atoms with Gasteiger partial charge in [0.1, 0.15) is 0 Å². The molecular formula is C13H16N2O. The fourth-order valence-corrected chi connectivity index (χ4v) is 1.46. The molecule has 2 rings (SSSR count). The fourth-order valence-electron chi connectivity index (χ4n) is 1.46. The van der Waals surface area contributed by atoms with Crippen LogP contribution in [0.5, 0.6) is 0 Å². The predicted octanol–water partition coefficient (Wildman–Crippen LogP) is 3.63. The van der Waals surface area contributed by atoms with Crippen LogP contribution in [0.3, 0.4) is 0 Å². The first kappa shape index (κ1) is 12.2. The molecule has 0 unspecified atom stereocenters. The Morgan fingerprint density at radius 1 is 1.31 bits per heavy atom. The van der Waals surface area contributed by atoms with Gasteiger partial charge in [-0.05, 0) is 24.1 Å². The van der Waals surface area contributed by atoms with Crippen LogP contribution in [-0.2, 0) is 0 Å². The highest BCUT2D eigenvalue weighted by Gasteiger charge is 2.06. The van der Waals surface area contributed by atoms with Gasteiger partial charge in [-0.2, -0.15) is 4.98 Å². The first-order valence-electron chi connectivity index (χ1n) is 4.74. The van der Waals surface area contributed by atoms with Crippen molar-refractivity contribution in [2.45, 2.75) is 21.3 Å². The van der Waals surface area contributed by atoms with E-state index in [2.05, 4.69) is 16.7 Å². The largest absolute Gasteiger partial charge is 0.339 e. The zero-order chi connectivity index (χ0) is 10.8. The van der Waals surface area contributed by atoms with E-state index in [4.69, 9.17) is 4.52 Å². The molecule has 0 aliphatic carbocycles. The van der Waals surface area contributed by atoms with E-state index in [1.807, 2.05) is 31.2 Å². The number of rotatable bonds is 2. The van der Waals surface area contributed by atoms with Crippen LogP contribution >= 0.6 is 0 Å². The van der Waals surface area contributed by atoms with Gasteiger partial charge in [0.2, 0.25) is 11.7 Å². The average molecular weight is 216 g/mol. The van der Waals surface area contributed by atoms with Crippen molar-refractivity contribution in [3.8, 4) is 11.4 Å². The maximum absolute atomic E-state index is 4.93.